The van der Waals surface area contributed by atoms with Gasteiger partial charge in [-0.2, -0.15) is 0 Å². The van der Waals surface area contributed by atoms with Gasteiger partial charge in [-0.05, 0) is 72.4 Å². The molecule has 0 amide bonds. The van der Waals surface area contributed by atoms with Gasteiger partial charge in [0.2, 0.25) is 0 Å². The minimum atomic E-state index is -0.787. The lowest BCUT2D eigenvalue weighted by atomic mass is 9.72. The summed E-state index contributed by atoms with van der Waals surface area (Å²) >= 11 is 0. The molecular weight excluding hydrogens is 398 g/mol. The van der Waals surface area contributed by atoms with Crippen LogP contribution in [-0.4, -0.2) is 27.8 Å². The number of fused-ring (bicyclic) bond motifs is 1. The smallest absolute Gasteiger partial charge is 0.128 e. The number of nitrogens with two attached hydrogens (primary N) is 1. The number of aromatic nitrogens is 2. The molecule has 1 aliphatic carbocycles. The Balaban J connectivity index is 1.70. The highest BCUT2D eigenvalue weighted by molar-refractivity contribution is 6.00. The van der Waals surface area contributed by atoms with Crippen LogP contribution in [0.15, 0.2) is 49.1 Å². The summed E-state index contributed by atoms with van der Waals surface area (Å²) in [5.74, 6) is 1.62. The molecule has 2 aromatic carbocycles. The topological polar surface area (TPSA) is 81.3 Å². The molecule has 1 aliphatic rings. The van der Waals surface area contributed by atoms with E-state index in [0.29, 0.717) is 5.41 Å². The lowest BCUT2D eigenvalue weighted by molar-refractivity contribution is 0.0886. The average Bonchev–Trinajstić information content (AvgIpc) is 2.79. The second-order valence-electron chi connectivity index (χ2n) is 10.5. The molecular formula is C27H35N3O2. The SMILES string of the molecule is CC(C)(C)C1CCC(Oc2ccc3cc([C@@](C)(N)CO)ccc3c2-c2cncnc2)CC1. The van der Waals surface area contributed by atoms with Gasteiger partial charge in [0.25, 0.3) is 0 Å². The fourth-order valence-corrected chi connectivity index (χ4v) is 4.81. The fraction of sp³-hybridized carbons (Fsp3) is 0.481. The summed E-state index contributed by atoms with van der Waals surface area (Å²) in [4.78, 5) is 8.49. The van der Waals surface area contributed by atoms with E-state index in [1.165, 1.54) is 12.8 Å². The van der Waals surface area contributed by atoms with Crippen LogP contribution in [0.4, 0.5) is 0 Å². The molecule has 1 saturated carbocycles. The largest absolute Gasteiger partial charge is 0.490 e. The third kappa shape index (κ3) is 4.64. The van der Waals surface area contributed by atoms with Crippen LogP contribution >= 0.6 is 0 Å². The maximum Gasteiger partial charge on any atom is 0.128 e. The Morgan fingerprint density at radius 1 is 1.00 bits per heavy atom. The number of nitrogens with zero attached hydrogens (tertiary/aromatic N) is 2. The predicted octanol–water partition coefficient (Wildman–Crippen LogP) is 5.45. The Morgan fingerprint density at radius 3 is 2.31 bits per heavy atom. The molecule has 0 spiro atoms. The Morgan fingerprint density at radius 2 is 1.69 bits per heavy atom. The van der Waals surface area contributed by atoms with Crippen LogP contribution in [0.5, 0.6) is 5.75 Å². The quantitative estimate of drug-likeness (QED) is 0.559. The van der Waals surface area contributed by atoms with Crippen molar-refractivity contribution >= 4 is 10.8 Å². The minimum Gasteiger partial charge on any atom is -0.490 e. The molecule has 0 bridgehead atoms. The third-order valence-corrected chi connectivity index (χ3v) is 7.01. The minimum absolute atomic E-state index is 0.115. The van der Waals surface area contributed by atoms with Crippen LogP contribution in [0.3, 0.4) is 0 Å². The molecule has 3 aromatic rings. The van der Waals surface area contributed by atoms with E-state index in [-0.39, 0.29) is 12.7 Å². The van der Waals surface area contributed by atoms with Gasteiger partial charge in [-0.1, -0.05) is 39.0 Å². The lowest BCUT2D eigenvalue weighted by Crippen LogP contribution is -2.36. The number of hydrogen-bond acceptors (Lipinski definition) is 5. The number of hydrogen-bond donors (Lipinski definition) is 2. The Bertz CT molecular complexity index is 1070. The monoisotopic (exact) mass is 433 g/mol. The molecule has 0 aliphatic heterocycles. The van der Waals surface area contributed by atoms with Crippen LogP contribution in [0.2, 0.25) is 0 Å². The Kier molecular flexibility index (Phi) is 6.24. The van der Waals surface area contributed by atoms with Crippen LogP contribution in [0, 0.1) is 11.3 Å². The van der Waals surface area contributed by atoms with Crippen molar-refractivity contribution in [2.24, 2.45) is 17.1 Å². The van der Waals surface area contributed by atoms with Gasteiger partial charge in [0.05, 0.1) is 18.2 Å². The molecule has 5 heteroatoms. The van der Waals surface area contributed by atoms with E-state index in [4.69, 9.17) is 10.5 Å². The first-order valence-electron chi connectivity index (χ1n) is 11.6. The first-order valence-corrected chi connectivity index (χ1v) is 11.6. The van der Waals surface area contributed by atoms with Gasteiger partial charge in [-0.3, -0.25) is 0 Å². The van der Waals surface area contributed by atoms with Gasteiger partial charge in [-0.25, -0.2) is 9.97 Å². The number of aliphatic hydroxyl groups is 1. The highest BCUT2D eigenvalue weighted by Gasteiger charge is 2.31. The van der Waals surface area contributed by atoms with Crippen molar-refractivity contribution in [2.45, 2.75) is 65.0 Å². The molecule has 3 N–H and O–H groups in total. The molecule has 0 saturated heterocycles. The summed E-state index contributed by atoms with van der Waals surface area (Å²) in [6.07, 6.45) is 9.98. The Hall–Kier alpha value is -2.50. The fourth-order valence-electron chi connectivity index (χ4n) is 4.81. The molecule has 0 unspecified atom stereocenters. The van der Waals surface area contributed by atoms with Gasteiger partial charge < -0.3 is 15.6 Å². The van der Waals surface area contributed by atoms with E-state index in [1.54, 1.807) is 6.33 Å². The number of aliphatic hydroxyl groups excluding tert-OH is 1. The van der Waals surface area contributed by atoms with Crippen molar-refractivity contribution in [1.29, 1.82) is 0 Å². The highest BCUT2D eigenvalue weighted by atomic mass is 16.5. The van der Waals surface area contributed by atoms with Crippen LogP contribution in [0.1, 0.15) is 58.9 Å². The van der Waals surface area contributed by atoms with Crippen molar-refractivity contribution < 1.29 is 9.84 Å². The zero-order valence-corrected chi connectivity index (χ0v) is 19.6. The van der Waals surface area contributed by atoms with Crippen molar-refractivity contribution in [1.82, 2.24) is 9.97 Å². The van der Waals surface area contributed by atoms with E-state index in [2.05, 4.69) is 55.0 Å². The summed E-state index contributed by atoms with van der Waals surface area (Å²) in [6, 6.07) is 10.2. The molecule has 1 fully saturated rings. The van der Waals surface area contributed by atoms with Gasteiger partial charge in [-0.15, -0.1) is 0 Å². The highest BCUT2D eigenvalue weighted by Crippen LogP contribution is 2.42. The molecule has 5 nitrogen and oxygen atoms in total. The summed E-state index contributed by atoms with van der Waals surface area (Å²) in [5.41, 5.74) is 8.68. The number of rotatable bonds is 5. The van der Waals surface area contributed by atoms with E-state index < -0.39 is 5.54 Å². The molecule has 1 heterocycles. The zero-order valence-electron chi connectivity index (χ0n) is 19.6. The summed E-state index contributed by atoms with van der Waals surface area (Å²) < 4.78 is 6.61. The van der Waals surface area contributed by atoms with E-state index in [0.717, 1.165) is 52.0 Å². The Labute approximate surface area is 191 Å². The molecule has 4 rings (SSSR count). The van der Waals surface area contributed by atoms with Crippen molar-refractivity contribution in [3.05, 3.63) is 54.6 Å². The third-order valence-electron chi connectivity index (χ3n) is 7.01. The summed E-state index contributed by atoms with van der Waals surface area (Å²) in [5, 5.41) is 11.8. The van der Waals surface area contributed by atoms with E-state index in [9.17, 15) is 5.11 Å². The van der Waals surface area contributed by atoms with Crippen LogP contribution in [-0.2, 0) is 5.54 Å². The summed E-state index contributed by atoms with van der Waals surface area (Å²) in [6.45, 7) is 8.75. The van der Waals surface area contributed by atoms with Crippen molar-refractivity contribution in [2.75, 3.05) is 6.61 Å². The number of ether oxygens (including phenoxy) is 1. The molecule has 170 valence electrons. The van der Waals surface area contributed by atoms with Gasteiger partial charge in [0.15, 0.2) is 0 Å². The standard InChI is InChI=1S/C27H35N3O2/c1-26(2,3)20-6-9-22(10-7-20)32-24-12-5-18-13-21(27(4,28)16-31)8-11-23(18)25(24)19-14-29-17-30-15-19/h5,8,11-15,17,20,22,31H,6-7,9-10,16,28H2,1-4H3/t20?,22?,27-/m0/s1. The molecule has 1 atom stereocenters. The van der Waals surface area contributed by atoms with Crippen LogP contribution < -0.4 is 10.5 Å². The normalized spacial score (nSPS) is 21.3. The number of benzene rings is 2. The zero-order chi connectivity index (χ0) is 22.9. The average molecular weight is 434 g/mol. The van der Waals surface area contributed by atoms with E-state index >= 15 is 0 Å². The lowest BCUT2D eigenvalue weighted by Gasteiger charge is -2.37. The second-order valence-corrected chi connectivity index (χ2v) is 10.5. The second kappa shape index (κ2) is 8.80. The molecule has 0 radical (unpaired) electrons. The summed E-state index contributed by atoms with van der Waals surface area (Å²) in [7, 11) is 0. The van der Waals surface area contributed by atoms with Gasteiger partial charge in [0.1, 0.15) is 12.1 Å². The van der Waals surface area contributed by atoms with Crippen molar-refractivity contribution in [3.63, 3.8) is 0 Å². The van der Waals surface area contributed by atoms with E-state index in [1.807, 2.05) is 25.4 Å². The van der Waals surface area contributed by atoms with Gasteiger partial charge >= 0.3 is 0 Å². The van der Waals surface area contributed by atoms with Crippen molar-refractivity contribution in [3.8, 4) is 16.9 Å². The maximum atomic E-state index is 9.69. The first-order chi connectivity index (χ1) is 15.2. The predicted molar refractivity (Wildman–Crippen MR) is 129 cm³/mol. The molecule has 32 heavy (non-hydrogen) atoms. The first kappa shape index (κ1) is 22.7. The van der Waals surface area contributed by atoms with Gasteiger partial charge in [0, 0.05) is 23.5 Å². The molecule has 1 aromatic heterocycles. The van der Waals surface area contributed by atoms with Crippen LogP contribution in [0.25, 0.3) is 21.9 Å². The maximum absolute atomic E-state index is 9.69.